The Morgan fingerprint density at radius 2 is 1.67 bits per heavy atom. The fraction of sp³-hybridized carbons (Fsp3) is 0.0526. The van der Waals surface area contributed by atoms with Crippen LogP contribution in [0.4, 0.5) is 34.8 Å². The van der Waals surface area contributed by atoms with Gasteiger partial charge in [-0.2, -0.15) is 13.2 Å². The van der Waals surface area contributed by atoms with Crippen LogP contribution in [0.25, 0.3) is 0 Å². The number of alkyl halides is 3. The largest absolute Gasteiger partial charge is 0.416 e. The minimum absolute atomic E-state index is 0.0747. The summed E-state index contributed by atoms with van der Waals surface area (Å²) in [6, 6.07) is 12.8. The van der Waals surface area contributed by atoms with Crippen LogP contribution in [0.2, 0.25) is 0 Å². The van der Waals surface area contributed by atoms with E-state index in [0.717, 1.165) is 18.2 Å². The number of nitrogens with one attached hydrogen (secondary N) is 2. The SMILES string of the molecule is O=C(Nc1cccc(F)c1)c1cccnc1Nc1cccc(C(F)(F)F)c1. The second kappa shape index (κ2) is 7.45. The number of pyridine rings is 1. The van der Waals surface area contributed by atoms with Crippen LogP contribution in [-0.4, -0.2) is 10.9 Å². The molecule has 8 heteroatoms. The highest BCUT2D eigenvalue weighted by atomic mass is 19.4. The summed E-state index contributed by atoms with van der Waals surface area (Å²) < 4.78 is 51.8. The quantitative estimate of drug-likeness (QED) is 0.614. The van der Waals surface area contributed by atoms with E-state index in [4.69, 9.17) is 0 Å². The van der Waals surface area contributed by atoms with Crippen molar-refractivity contribution in [1.82, 2.24) is 4.98 Å². The van der Waals surface area contributed by atoms with Crippen LogP contribution in [0.3, 0.4) is 0 Å². The number of aromatic nitrogens is 1. The maximum absolute atomic E-state index is 13.3. The number of halogens is 4. The molecular weight excluding hydrogens is 362 g/mol. The van der Waals surface area contributed by atoms with E-state index < -0.39 is 23.5 Å². The van der Waals surface area contributed by atoms with Gasteiger partial charge in [0.1, 0.15) is 11.6 Å². The maximum atomic E-state index is 13.3. The molecule has 0 atom stereocenters. The van der Waals surface area contributed by atoms with Gasteiger partial charge in [-0.25, -0.2) is 9.37 Å². The lowest BCUT2D eigenvalue weighted by atomic mass is 10.1. The molecule has 0 radical (unpaired) electrons. The Hall–Kier alpha value is -3.42. The Balaban J connectivity index is 1.85. The molecule has 0 spiro atoms. The highest BCUT2D eigenvalue weighted by Gasteiger charge is 2.30. The molecule has 0 aliphatic heterocycles. The van der Waals surface area contributed by atoms with Crippen LogP contribution in [-0.2, 0) is 6.18 Å². The average Bonchev–Trinajstić information content (AvgIpc) is 2.62. The topological polar surface area (TPSA) is 54.0 Å². The Morgan fingerprint density at radius 1 is 0.926 bits per heavy atom. The van der Waals surface area contributed by atoms with Crippen molar-refractivity contribution in [2.24, 2.45) is 0 Å². The van der Waals surface area contributed by atoms with Crippen molar-refractivity contribution < 1.29 is 22.4 Å². The van der Waals surface area contributed by atoms with E-state index in [0.29, 0.717) is 0 Å². The van der Waals surface area contributed by atoms with Gasteiger partial charge in [0.2, 0.25) is 0 Å². The van der Waals surface area contributed by atoms with Crippen LogP contribution in [0.1, 0.15) is 15.9 Å². The predicted molar refractivity (Wildman–Crippen MR) is 93.3 cm³/mol. The number of carbonyl (C=O) groups excluding carboxylic acids is 1. The third kappa shape index (κ3) is 4.60. The number of carbonyl (C=O) groups is 1. The van der Waals surface area contributed by atoms with Gasteiger partial charge in [-0.3, -0.25) is 4.79 Å². The second-order valence-corrected chi connectivity index (χ2v) is 5.57. The fourth-order valence-electron chi connectivity index (χ4n) is 2.36. The molecule has 138 valence electrons. The molecule has 0 aliphatic rings. The molecule has 1 amide bonds. The molecule has 0 saturated heterocycles. The number of benzene rings is 2. The van der Waals surface area contributed by atoms with Gasteiger partial charge in [0.15, 0.2) is 0 Å². The molecule has 0 unspecified atom stereocenters. The summed E-state index contributed by atoms with van der Waals surface area (Å²) in [4.78, 5) is 16.5. The Labute approximate surface area is 151 Å². The zero-order valence-electron chi connectivity index (χ0n) is 13.7. The highest BCUT2D eigenvalue weighted by Crippen LogP contribution is 2.31. The minimum Gasteiger partial charge on any atom is -0.340 e. The normalized spacial score (nSPS) is 11.1. The lowest BCUT2D eigenvalue weighted by Gasteiger charge is -2.13. The van der Waals surface area contributed by atoms with E-state index in [2.05, 4.69) is 15.6 Å². The molecular formula is C19H13F4N3O. The first kappa shape index (κ1) is 18.4. The van der Waals surface area contributed by atoms with Gasteiger partial charge in [-0.1, -0.05) is 12.1 Å². The van der Waals surface area contributed by atoms with Gasteiger partial charge in [-0.05, 0) is 48.5 Å². The molecule has 2 aromatic carbocycles. The van der Waals surface area contributed by atoms with Gasteiger partial charge in [0, 0.05) is 17.6 Å². The fourth-order valence-corrected chi connectivity index (χ4v) is 2.36. The Bertz CT molecular complexity index is 973. The molecule has 1 heterocycles. The third-order valence-electron chi connectivity index (χ3n) is 3.59. The molecule has 2 N–H and O–H groups in total. The molecule has 0 fully saturated rings. The van der Waals surface area contributed by atoms with Crippen molar-refractivity contribution in [2.75, 3.05) is 10.6 Å². The zero-order chi connectivity index (χ0) is 19.4. The lowest BCUT2D eigenvalue weighted by Crippen LogP contribution is -2.15. The smallest absolute Gasteiger partial charge is 0.340 e. The summed E-state index contributed by atoms with van der Waals surface area (Å²) in [5.41, 5.74) is -0.356. The predicted octanol–water partition coefficient (Wildman–Crippen LogP) is 5.24. The lowest BCUT2D eigenvalue weighted by molar-refractivity contribution is -0.137. The average molecular weight is 375 g/mol. The molecule has 4 nitrogen and oxygen atoms in total. The first-order valence-corrected chi connectivity index (χ1v) is 7.79. The standard InChI is InChI=1S/C19H13F4N3O/c20-13-5-2-7-15(11-13)26-18(27)16-8-3-9-24-17(16)25-14-6-1-4-12(10-14)19(21,22)23/h1-11H,(H,24,25)(H,26,27). The van der Waals surface area contributed by atoms with Crippen molar-refractivity contribution in [3.63, 3.8) is 0 Å². The van der Waals surface area contributed by atoms with Crippen LogP contribution in [0.5, 0.6) is 0 Å². The summed E-state index contributed by atoms with van der Waals surface area (Å²) in [6.07, 6.45) is -3.09. The highest BCUT2D eigenvalue weighted by molar-refractivity contribution is 6.07. The number of amides is 1. The number of nitrogens with zero attached hydrogens (tertiary/aromatic N) is 1. The molecule has 0 aliphatic carbocycles. The van der Waals surface area contributed by atoms with Crippen LogP contribution in [0, 0.1) is 5.82 Å². The van der Waals surface area contributed by atoms with E-state index >= 15 is 0 Å². The van der Waals surface area contributed by atoms with E-state index in [9.17, 15) is 22.4 Å². The van der Waals surface area contributed by atoms with Crippen LogP contribution >= 0.6 is 0 Å². The molecule has 3 rings (SSSR count). The molecule has 0 bridgehead atoms. The molecule has 3 aromatic rings. The van der Waals surface area contributed by atoms with Crippen molar-refractivity contribution >= 4 is 23.1 Å². The summed E-state index contributed by atoms with van der Waals surface area (Å²) in [5.74, 6) is -1.02. The van der Waals surface area contributed by atoms with Gasteiger partial charge < -0.3 is 10.6 Å². The number of hydrogen-bond donors (Lipinski definition) is 2. The van der Waals surface area contributed by atoms with Crippen molar-refractivity contribution in [3.05, 3.63) is 83.8 Å². The molecule has 1 aromatic heterocycles. The molecule has 0 saturated carbocycles. The van der Waals surface area contributed by atoms with E-state index in [1.807, 2.05) is 0 Å². The van der Waals surface area contributed by atoms with Gasteiger partial charge in [-0.15, -0.1) is 0 Å². The van der Waals surface area contributed by atoms with E-state index in [1.54, 1.807) is 0 Å². The van der Waals surface area contributed by atoms with Gasteiger partial charge in [0.05, 0.1) is 11.1 Å². The zero-order valence-corrected chi connectivity index (χ0v) is 13.7. The summed E-state index contributed by atoms with van der Waals surface area (Å²) in [5, 5.41) is 5.24. The van der Waals surface area contributed by atoms with E-state index in [-0.39, 0.29) is 22.8 Å². The monoisotopic (exact) mass is 375 g/mol. The summed E-state index contributed by atoms with van der Waals surface area (Å²) in [7, 11) is 0. The Kier molecular flexibility index (Phi) is 5.07. The number of hydrogen-bond acceptors (Lipinski definition) is 3. The first-order valence-electron chi connectivity index (χ1n) is 7.79. The van der Waals surface area contributed by atoms with Gasteiger partial charge in [0.25, 0.3) is 5.91 Å². The number of rotatable bonds is 4. The van der Waals surface area contributed by atoms with Crippen LogP contribution < -0.4 is 10.6 Å². The second-order valence-electron chi connectivity index (χ2n) is 5.57. The third-order valence-corrected chi connectivity index (χ3v) is 3.59. The van der Waals surface area contributed by atoms with Gasteiger partial charge >= 0.3 is 6.18 Å². The molecule has 27 heavy (non-hydrogen) atoms. The van der Waals surface area contributed by atoms with Crippen molar-refractivity contribution in [3.8, 4) is 0 Å². The van der Waals surface area contributed by atoms with E-state index in [1.165, 1.54) is 48.7 Å². The maximum Gasteiger partial charge on any atom is 0.416 e. The summed E-state index contributed by atoms with van der Waals surface area (Å²) in [6.45, 7) is 0. The van der Waals surface area contributed by atoms with Crippen molar-refractivity contribution in [1.29, 1.82) is 0 Å². The number of anilines is 3. The van der Waals surface area contributed by atoms with Crippen molar-refractivity contribution in [2.45, 2.75) is 6.18 Å². The summed E-state index contributed by atoms with van der Waals surface area (Å²) >= 11 is 0. The first-order chi connectivity index (χ1) is 12.8. The Morgan fingerprint density at radius 3 is 2.41 bits per heavy atom. The van der Waals surface area contributed by atoms with Crippen LogP contribution in [0.15, 0.2) is 66.9 Å². The minimum atomic E-state index is -4.49.